The highest BCUT2D eigenvalue weighted by Gasteiger charge is 2.32. The number of aromatic nitrogens is 2. The number of hydrogen-bond acceptors (Lipinski definition) is 2. The van der Waals surface area contributed by atoms with Crippen molar-refractivity contribution in [2.24, 2.45) is 5.92 Å². The Bertz CT molecular complexity index is 1240. The summed E-state index contributed by atoms with van der Waals surface area (Å²) in [7, 11) is 0. The highest BCUT2D eigenvalue weighted by molar-refractivity contribution is 9.10. The standard InChI is InChI=1S/C23H18BrClF2N2O/c24-15-10-18-21(28-12-15)16-11-17(26)19(25)20(27)23(16)29(18)22(13-4-2-1-3-5-13)14-6-8-30-9-7-14/h1-5,10-12,14,22H,6-9H2/t22-/m1/s1. The fourth-order valence-electron chi connectivity index (χ4n) is 4.54. The molecule has 0 aliphatic carbocycles. The van der Waals surface area contributed by atoms with Crippen LogP contribution in [0.5, 0.6) is 0 Å². The van der Waals surface area contributed by atoms with Crippen LogP contribution in [0.1, 0.15) is 24.4 Å². The van der Waals surface area contributed by atoms with Gasteiger partial charge in [-0.2, -0.15) is 0 Å². The minimum Gasteiger partial charge on any atom is -0.381 e. The van der Waals surface area contributed by atoms with Crippen molar-refractivity contribution in [1.29, 1.82) is 0 Å². The van der Waals surface area contributed by atoms with Gasteiger partial charge in [0.2, 0.25) is 0 Å². The summed E-state index contributed by atoms with van der Waals surface area (Å²) in [6.45, 7) is 1.32. The van der Waals surface area contributed by atoms with Crippen molar-refractivity contribution in [3.05, 3.63) is 75.4 Å². The lowest BCUT2D eigenvalue weighted by atomic mass is 9.86. The Morgan fingerprint density at radius 1 is 1.13 bits per heavy atom. The van der Waals surface area contributed by atoms with Crippen LogP contribution in [0, 0.1) is 17.6 Å². The zero-order chi connectivity index (χ0) is 20.8. The lowest BCUT2D eigenvalue weighted by molar-refractivity contribution is 0.0552. The second-order valence-corrected chi connectivity index (χ2v) is 8.87. The van der Waals surface area contributed by atoms with E-state index < -0.39 is 16.7 Å². The monoisotopic (exact) mass is 490 g/mol. The highest BCUT2D eigenvalue weighted by Crippen LogP contribution is 2.42. The van der Waals surface area contributed by atoms with Crippen molar-refractivity contribution in [1.82, 2.24) is 9.55 Å². The van der Waals surface area contributed by atoms with Gasteiger partial charge in [-0.25, -0.2) is 8.78 Å². The molecule has 3 nitrogen and oxygen atoms in total. The van der Waals surface area contributed by atoms with Gasteiger partial charge in [-0.05, 0) is 52.4 Å². The molecular weight excluding hydrogens is 474 g/mol. The SMILES string of the molecule is Fc1cc2c3ncc(Br)cc3n([C@H](c3ccccc3)C3CCOCC3)c2c(F)c1Cl. The van der Waals surface area contributed by atoms with E-state index in [4.69, 9.17) is 16.3 Å². The third kappa shape index (κ3) is 3.22. The molecule has 1 aliphatic heterocycles. The molecule has 154 valence electrons. The van der Waals surface area contributed by atoms with Crippen LogP contribution in [0.15, 0.2) is 53.1 Å². The molecule has 2 aromatic carbocycles. The molecule has 0 unspecified atom stereocenters. The van der Waals surface area contributed by atoms with Crippen LogP contribution < -0.4 is 0 Å². The average molecular weight is 492 g/mol. The molecule has 7 heteroatoms. The molecule has 0 saturated carbocycles. The van der Waals surface area contributed by atoms with E-state index in [0.29, 0.717) is 24.1 Å². The normalized spacial score (nSPS) is 16.4. The van der Waals surface area contributed by atoms with Gasteiger partial charge in [0.15, 0.2) is 5.82 Å². The molecule has 0 amide bonds. The van der Waals surface area contributed by atoms with Crippen LogP contribution in [-0.4, -0.2) is 22.8 Å². The van der Waals surface area contributed by atoms with Crippen LogP contribution in [0.25, 0.3) is 21.9 Å². The molecule has 0 radical (unpaired) electrons. The molecule has 1 fully saturated rings. The number of hydrogen-bond donors (Lipinski definition) is 0. The molecule has 4 aromatic rings. The number of benzene rings is 2. The molecule has 1 saturated heterocycles. The molecule has 0 spiro atoms. The molecule has 1 atom stereocenters. The first kappa shape index (κ1) is 19.9. The van der Waals surface area contributed by atoms with E-state index in [1.165, 1.54) is 6.07 Å². The zero-order valence-electron chi connectivity index (χ0n) is 15.9. The minimum atomic E-state index is -0.784. The number of ether oxygens (including phenoxy) is 1. The predicted octanol–water partition coefficient (Wildman–Crippen LogP) is 6.90. The largest absolute Gasteiger partial charge is 0.381 e. The lowest BCUT2D eigenvalue weighted by Gasteiger charge is -2.33. The Hall–Kier alpha value is -2.02. The fourth-order valence-corrected chi connectivity index (χ4v) is 5.01. The molecule has 30 heavy (non-hydrogen) atoms. The number of pyridine rings is 1. The van der Waals surface area contributed by atoms with E-state index >= 15 is 4.39 Å². The number of nitrogens with zero attached hydrogens (tertiary/aromatic N) is 2. The molecular formula is C23H18BrClF2N2O. The maximum absolute atomic E-state index is 15.4. The predicted molar refractivity (Wildman–Crippen MR) is 118 cm³/mol. The first-order valence-corrected chi connectivity index (χ1v) is 11.0. The molecule has 3 heterocycles. The van der Waals surface area contributed by atoms with Crippen molar-refractivity contribution in [2.45, 2.75) is 18.9 Å². The summed E-state index contributed by atoms with van der Waals surface area (Å²) in [6.07, 6.45) is 3.33. The van der Waals surface area contributed by atoms with Gasteiger partial charge in [-0.1, -0.05) is 41.9 Å². The molecule has 2 aromatic heterocycles. The summed E-state index contributed by atoms with van der Waals surface area (Å²) in [4.78, 5) is 4.49. The zero-order valence-corrected chi connectivity index (χ0v) is 18.3. The Labute approximate surface area is 185 Å². The Balaban J connectivity index is 1.90. The van der Waals surface area contributed by atoms with E-state index in [-0.39, 0.29) is 17.5 Å². The van der Waals surface area contributed by atoms with Gasteiger partial charge >= 0.3 is 0 Å². The molecule has 5 rings (SSSR count). The maximum Gasteiger partial charge on any atom is 0.169 e. The van der Waals surface area contributed by atoms with E-state index in [9.17, 15) is 4.39 Å². The van der Waals surface area contributed by atoms with E-state index in [0.717, 1.165) is 28.4 Å². The minimum absolute atomic E-state index is 0.165. The Morgan fingerprint density at radius 3 is 2.60 bits per heavy atom. The molecule has 0 bridgehead atoms. The van der Waals surface area contributed by atoms with Crippen molar-refractivity contribution >= 4 is 49.5 Å². The second kappa shape index (κ2) is 7.91. The van der Waals surface area contributed by atoms with Gasteiger partial charge in [0, 0.05) is 29.3 Å². The Kier molecular flexibility index (Phi) is 5.25. The second-order valence-electron chi connectivity index (χ2n) is 7.58. The molecule has 1 aliphatic rings. The van der Waals surface area contributed by atoms with Crippen molar-refractivity contribution in [2.75, 3.05) is 13.2 Å². The smallest absolute Gasteiger partial charge is 0.169 e. The number of fused-ring (bicyclic) bond motifs is 3. The van der Waals surface area contributed by atoms with E-state index in [2.05, 4.69) is 20.9 Å². The van der Waals surface area contributed by atoms with Crippen molar-refractivity contribution in [3.63, 3.8) is 0 Å². The van der Waals surface area contributed by atoms with Crippen LogP contribution in [0.3, 0.4) is 0 Å². The van der Waals surface area contributed by atoms with Gasteiger partial charge < -0.3 is 9.30 Å². The summed E-state index contributed by atoms with van der Waals surface area (Å²) in [6, 6.07) is 13.0. The van der Waals surface area contributed by atoms with Gasteiger partial charge in [0.1, 0.15) is 10.8 Å². The van der Waals surface area contributed by atoms with Crippen LogP contribution in [-0.2, 0) is 4.74 Å². The lowest BCUT2D eigenvalue weighted by Crippen LogP contribution is -2.27. The number of halogens is 4. The van der Waals surface area contributed by atoms with Gasteiger partial charge in [0.05, 0.1) is 22.6 Å². The van der Waals surface area contributed by atoms with E-state index in [1.807, 2.05) is 41.0 Å². The summed E-state index contributed by atoms with van der Waals surface area (Å²) < 4.78 is 38.1. The van der Waals surface area contributed by atoms with E-state index in [1.54, 1.807) is 6.20 Å². The van der Waals surface area contributed by atoms with Crippen LogP contribution in [0.4, 0.5) is 8.78 Å². The number of rotatable bonds is 3. The maximum atomic E-state index is 15.4. The summed E-state index contributed by atoms with van der Waals surface area (Å²) in [5, 5.41) is -0.0747. The Morgan fingerprint density at radius 2 is 1.87 bits per heavy atom. The van der Waals surface area contributed by atoms with Gasteiger partial charge in [-0.15, -0.1) is 0 Å². The topological polar surface area (TPSA) is 27.1 Å². The van der Waals surface area contributed by atoms with Crippen molar-refractivity contribution in [3.8, 4) is 0 Å². The summed E-state index contributed by atoms with van der Waals surface area (Å²) >= 11 is 9.49. The fraction of sp³-hybridized carbons (Fsp3) is 0.261. The van der Waals surface area contributed by atoms with Crippen LogP contribution in [0.2, 0.25) is 5.02 Å². The first-order valence-electron chi connectivity index (χ1n) is 9.81. The summed E-state index contributed by atoms with van der Waals surface area (Å²) in [5.74, 6) is -1.32. The summed E-state index contributed by atoms with van der Waals surface area (Å²) in [5.41, 5.74) is 2.63. The third-order valence-corrected chi connectivity index (χ3v) is 6.64. The van der Waals surface area contributed by atoms with Crippen LogP contribution >= 0.6 is 27.5 Å². The average Bonchev–Trinajstić information content (AvgIpc) is 3.07. The quantitative estimate of drug-likeness (QED) is 0.292. The van der Waals surface area contributed by atoms with Gasteiger partial charge in [-0.3, -0.25) is 4.98 Å². The highest BCUT2D eigenvalue weighted by atomic mass is 79.9. The van der Waals surface area contributed by atoms with Gasteiger partial charge in [0.25, 0.3) is 0 Å². The third-order valence-electron chi connectivity index (χ3n) is 5.86. The first-order chi connectivity index (χ1) is 14.6. The molecule has 0 N–H and O–H groups in total. The van der Waals surface area contributed by atoms with Crippen molar-refractivity contribution < 1.29 is 13.5 Å².